The third-order valence-corrected chi connectivity index (χ3v) is 13.1. The summed E-state index contributed by atoms with van der Waals surface area (Å²) in [6.07, 6.45) is 4.47. The molecule has 394 valence electrons. The van der Waals surface area contributed by atoms with E-state index in [1.54, 1.807) is 6.92 Å². The van der Waals surface area contributed by atoms with Gasteiger partial charge < -0.3 is 48.9 Å². The highest BCUT2D eigenvalue weighted by Crippen LogP contribution is 2.32. The molecule has 73 heavy (non-hydrogen) atoms. The van der Waals surface area contributed by atoms with Crippen molar-refractivity contribution in [2.24, 2.45) is 0 Å². The Morgan fingerprint density at radius 2 is 0.986 bits per heavy atom. The number of nitrogens with one attached hydrogen (secondary N) is 2. The third-order valence-electron chi connectivity index (χ3n) is 13.1. The topological polar surface area (TPSA) is 143 Å². The van der Waals surface area contributed by atoms with Gasteiger partial charge in [0.05, 0.1) is 58.4 Å². The van der Waals surface area contributed by atoms with E-state index >= 15 is 0 Å². The molecule has 12 nitrogen and oxygen atoms in total. The van der Waals surface area contributed by atoms with Gasteiger partial charge in [-0.25, -0.2) is 0 Å². The number of aliphatic hydroxyl groups excluding tert-OH is 1. The highest BCUT2D eigenvalue weighted by Gasteiger charge is 2.49. The summed E-state index contributed by atoms with van der Waals surface area (Å²) in [5.41, 5.74) is 4.89. The zero-order valence-corrected chi connectivity index (χ0v) is 43.1. The summed E-state index contributed by atoms with van der Waals surface area (Å²) < 4.78 is 47.6. The van der Waals surface area contributed by atoms with Gasteiger partial charge in [-0.1, -0.05) is 204 Å². The second-order valence-corrected chi connectivity index (χ2v) is 19.0. The Hall–Kier alpha value is -5.28. The summed E-state index contributed by atoms with van der Waals surface area (Å²) >= 11 is 0. The van der Waals surface area contributed by atoms with Crippen LogP contribution in [-0.2, 0) is 75.8 Å². The van der Waals surface area contributed by atoms with Crippen molar-refractivity contribution in [3.05, 3.63) is 179 Å². The molecule has 6 rings (SSSR count). The molecule has 0 aromatic heterocycles. The van der Waals surface area contributed by atoms with Crippen molar-refractivity contribution < 1.29 is 47.9 Å². The van der Waals surface area contributed by atoms with Crippen molar-refractivity contribution in [2.45, 2.75) is 166 Å². The van der Waals surface area contributed by atoms with E-state index < -0.39 is 49.0 Å². The van der Waals surface area contributed by atoms with Gasteiger partial charge in [-0.05, 0) is 47.1 Å². The number of hydrogen-bond acceptors (Lipinski definition) is 10. The van der Waals surface area contributed by atoms with Crippen LogP contribution in [0.25, 0.3) is 0 Å². The van der Waals surface area contributed by atoms with Gasteiger partial charge in [0.1, 0.15) is 30.5 Å². The Balaban J connectivity index is 1.23. The van der Waals surface area contributed by atoms with E-state index in [2.05, 4.69) is 10.6 Å². The summed E-state index contributed by atoms with van der Waals surface area (Å²) in [7, 11) is 0. The number of ether oxygens (including phenoxy) is 7. The fourth-order valence-corrected chi connectivity index (χ4v) is 8.98. The van der Waals surface area contributed by atoms with Crippen molar-refractivity contribution in [1.82, 2.24) is 10.6 Å². The molecule has 2 amide bonds. The Morgan fingerprint density at radius 1 is 0.548 bits per heavy atom. The SMILES string of the molecule is CC[C@@H](O)[C@@H](OCc1ccccc1)[C@H](CO[C@H]1OC(COCc2ccccc2)[C@H](OCc2ccccc2)[C@H](OCc2ccccc2)C1OCc1ccccc1)NC(=O)CCCCCCCCCCCNC(C)=O. The molecule has 12 heteroatoms. The number of rotatable bonds is 35. The largest absolute Gasteiger partial charge is 0.390 e. The number of benzene rings is 5. The molecular weight excluding hydrogens is 921 g/mol. The maximum absolute atomic E-state index is 14.0. The first-order valence-electron chi connectivity index (χ1n) is 26.6. The van der Waals surface area contributed by atoms with Crippen LogP contribution in [0, 0.1) is 0 Å². The lowest BCUT2D eigenvalue weighted by Gasteiger charge is -2.46. The molecule has 1 saturated heterocycles. The highest BCUT2D eigenvalue weighted by molar-refractivity contribution is 5.76. The van der Waals surface area contributed by atoms with Crippen LogP contribution in [0.5, 0.6) is 0 Å². The Morgan fingerprint density at radius 3 is 1.48 bits per heavy atom. The van der Waals surface area contributed by atoms with Gasteiger partial charge >= 0.3 is 0 Å². The molecule has 1 aliphatic heterocycles. The summed E-state index contributed by atoms with van der Waals surface area (Å²) in [5, 5.41) is 17.8. The average molecular weight is 1000 g/mol. The van der Waals surface area contributed by atoms with E-state index in [9.17, 15) is 14.7 Å². The molecule has 1 fully saturated rings. The summed E-state index contributed by atoms with van der Waals surface area (Å²) in [6.45, 7) is 5.65. The van der Waals surface area contributed by atoms with Crippen molar-refractivity contribution in [2.75, 3.05) is 19.8 Å². The van der Waals surface area contributed by atoms with Gasteiger partial charge in [0.15, 0.2) is 6.29 Å². The van der Waals surface area contributed by atoms with E-state index in [0.717, 1.165) is 92.1 Å². The van der Waals surface area contributed by atoms with Gasteiger partial charge in [0, 0.05) is 19.9 Å². The molecule has 5 aromatic carbocycles. The fraction of sp³-hybridized carbons (Fsp3) is 0.475. The number of carbonyl (C=O) groups is 2. The zero-order chi connectivity index (χ0) is 51.1. The van der Waals surface area contributed by atoms with Gasteiger partial charge in [0.2, 0.25) is 11.8 Å². The molecule has 3 N–H and O–H groups in total. The maximum Gasteiger partial charge on any atom is 0.220 e. The number of amides is 2. The second-order valence-electron chi connectivity index (χ2n) is 19.0. The molecule has 8 atom stereocenters. The molecule has 0 aliphatic carbocycles. The first-order chi connectivity index (χ1) is 35.9. The monoisotopic (exact) mass is 1000 g/mol. The van der Waals surface area contributed by atoms with E-state index in [4.69, 9.17) is 33.2 Å². The van der Waals surface area contributed by atoms with Gasteiger partial charge in [-0.15, -0.1) is 0 Å². The van der Waals surface area contributed by atoms with Crippen LogP contribution in [0.3, 0.4) is 0 Å². The third kappa shape index (κ3) is 21.2. The van der Waals surface area contributed by atoms with E-state index in [1.807, 2.05) is 159 Å². The molecule has 0 saturated carbocycles. The number of aliphatic hydroxyl groups is 1. The molecular formula is C61H80N2O10. The number of hydrogen-bond donors (Lipinski definition) is 3. The predicted octanol–water partition coefficient (Wildman–Crippen LogP) is 10.6. The van der Waals surface area contributed by atoms with Crippen LogP contribution in [-0.4, -0.2) is 85.6 Å². The van der Waals surface area contributed by atoms with Crippen molar-refractivity contribution in [3.63, 3.8) is 0 Å². The fourth-order valence-electron chi connectivity index (χ4n) is 8.98. The van der Waals surface area contributed by atoms with Crippen LogP contribution in [0.4, 0.5) is 0 Å². The standard InChI is InChI=1S/C61H80N2O10/c1-3-54(65)57(68-41-49-30-18-12-19-31-49)53(63-56(66)38-26-9-7-5-4-6-8-10-27-39-62-47(2)64)45-72-61-60(71-44-52-36-24-15-25-37-52)59(70-43-51-34-22-14-23-35-51)58(69-42-50-32-20-13-21-33-50)55(73-61)46-67-40-48-28-16-11-17-29-48/h11-25,28-37,53-55,57-61,65H,3-10,26-27,38-46H2,1-2H3,(H,62,64)(H,63,66)/t53-,54+,55?,57-,58-,59-,60?,61-/m0/s1. The van der Waals surface area contributed by atoms with Crippen molar-refractivity contribution in [3.8, 4) is 0 Å². The average Bonchev–Trinajstić information content (AvgIpc) is 3.42. The molecule has 0 spiro atoms. The first-order valence-corrected chi connectivity index (χ1v) is 26.6. The lowest BCUT2D eigenvalue weighted by molar-refractivity contribution is -0.330. The Bertz CT molecular complexity index is 2210. The Labute approximate surface area is 434 Å². The second kappa shape index (κ2) is 33.5. The quantitative estimate of drug-likeness (QED) is 0.0336. The van der Waals surface area contributed by atoms with Crippen LogP contribution in [0.15, 0.2) is 152 Å². The van der Waals surface area contributed by atoms with Gasteiger partial charge in [-0.3, -0.25) is 9.59 Å². The lowest BCUT2D eigenvalue weighted by Crippen LogP contribution is -2.62. The minimum Gasteiger partial charge on any atom is -0.390 e. The molecule has 5 aromatic rings. The first kappa shape index (κ1) is 57.0. The zero-order valence-electron chi connectivity index (χ0n) is 43.1. The van der Waals surface area contributed by atoms with Crippen LogP contribution in [0.2, 0.25) is 0 Å². The molecule has 0 bridgehead atoms. The van der Waals surface area contributed by atoms with Gasteiger partial charge in [-0.2, -0.15) is 0 Å². The minimum atomic E-state index is -1.03. The maximum atomic E-state index is 14.0. The predicted molar refractivity (Wildman–Crippen MR) is 284 cm³/mol. The normalized spacial score (nSPS) is 18.9. The smallest absolute Gasteiger partial charge is 0.220 e. The van der Waals surface area contributed by atoms with Gasteiger partial charge in [0.25, 0.3) is 0 Å². The summed E-state index contributed by atoms with van der Waals surface area (Å²) in [4.78, 5) is 25.1. The number of unbranched alkanes of at least 4 members (excludes halogenated alkanes) is 8. The van der Waals surface area contributed by atoms with E-state index in [-0.39, 0.29) is 51.5 Å². The van der Waals surface area contributed by atoms with Crippen LogP contribution in [0.1, 0.15) is 112 Å². The molecule has 1 heterocycles. The molecule has 1 aliphatic rings. The van der Waals surface area contributed by atoms with Crippen molar-refractivity contribution >= 4 is 11.8 Å². The lowest BCUT2D eigenvalue weighted by atomic mass is 9.97. The minimum absolute atomic E-state index is 0.0213. The van der Waals surface area contributed by atoms with E-state index in [0.29, 0.717) is 19.4 Å². The number of carbonyl (C=O) groups excluding carboxylic acids is 2. The summed E-state index contributed by atoms with van der Waals surface area (Å²) in [6, 6.07) is 49.0. The van der Waals surface area contributed by atoms with Crippen LogP contribution >= 0.6 is 0 Å². The van der Waals surface area contributed by atoms with Crippen LogP contribution < -0.4 is 10.6 Å². The molecule has 0 radical (unpaired) electrons. The highest BCUT2D eigenvalue weighted by atomic mass is 16.7. The van der Waals surface area contributed by atoms with Crippen molar-refractivity contribution in [1.29, 1.82) is 0 Å². The molecule has 2 unspecified atom stereocenters. The van der Waals surface area contributed by atoms with E-state index in [1.165, 1.54) is 0 Å². The summed E-state index contributed by atoms with van der Waals surface area (Å²) in [5.74, 6) is -0.121. The Kier molecular flexibility index (Phi) is 26.2.